The van der Waals surface area contributed by atoms with E-state index in [1.165, 1.54) is 0 Å². The molecule has 5 heteroatoms. The van der Waals surface area contributed by atoms with Crippen LogP contribution in [0.15, 0.2) is 48.4 Å². The zero-order valence-corrected chi connectivity index (χ0v) is 12.3. The molecule has 0 aliphatic heterocycles. The van der Waals surface area contributed by atoms with Crippen LogP contribution >= 0.6 is 11.3 Å². The summed E-state index contributed by atoms with van der Waals surface area (Å²) in [5.41, 5.74) is 3.24. The van der Waals surface area contributed by atoms with Gasteiger partial charge in [0.1, 0.15) is 0 Å². The number of thiazole rings is 1. The van der Waals surface area contributed by atoms with Gasteiger partial charge in [0.05, 0.1) is 34.4 Å². The fourth-order valence-corrected chi connectivity index (χ4v) is 2.81. The first-order chi connectivity index (χ1) is 9.74. The Morgan fingerprint density at radius 1 is 1.30 bits per heavy atom. The van der Waals surface area contributed by atoms with E-state index in [1.54, 1.807) is 23.9 Å². The van der Waals surface area contributed by atoms with Crippen LogP contribution < -0.4 is 5.32 Å². The summed E-state index contributed by atoms with van der Waals surface area (Å²) in [6.07, 6.45) is 5.53. The van der Waals surface area contributed by atoms with Crippen LogP contribution in [0.3, 0.4) is 0 Å². The summed E-state index contributed by atoms with van der Waals surface area (Å²) >= 11 is 1.68. The van der Waals surface area contributed by atoms with Gasteiger partial charge in [-0.1, -0.05) is 12.1 Å². The molecule has 0 aliphatic carbocycles. The maximum Gasteiger partial charge on any atom is 0.0992 e. The Morgan fingerprint density at radius 3 is 2.85 bits per heavy atom. The molecule has 1 atom stereocenters. The number of rotatable bonds is 4. The molecular weight excluding hydrogens is 268 g/mol. The van der Waals surface area contributed by atoms with Crippen molar-refractivity contribution in [3.8, 4) is 5.69 Å². The van der Waals surface area contributed by atoms with E-state index < -0.39 is 0 Å². The average Bonchev–Trinajstić information content (AvgIpc) is 3.10. The monoisotopic (exact) mass is 284 g/mol. The molecule has 4 nitrogen and oxygen atoms in total. The third-order valence-electron chi connectivity index (χ3n) is 3.14. The van der Waals surface area contributed by atoms with Crippen molar-refractivity contribution in [1.29, 1.82) is 0 Å². The fraction of sp³-hybridized carbons (Fsp3) is 0.200. The summed E-state index contributed by atoms with van der Waals surface area (Å²) in [4.78, 5) is 8.64. The van der Waals surface area contributed by atoms with Gasteiger partial charge in [-0.25, -0.2) is 9.97 Å². The summed E-state index contributed by atoms with van der Waals surface area (Å²) in [5, 5.41) is 6.72. The molecule has 102 valence electrons. The molecule has 1 unspecified atom stereocenters. The first-order valence-electron chi connectivity index (χ1n) is 6.50. The Labute approximate surface area is 122 Å². The zero-order valence-electron chi connectivity index (χ0n) is 11.4. The molecule has 3 rings (SSSR count). The number of nitrogens with one attached hydrogen (secondary N) is 1. The van der Waals surface area contributed by atoms with Crippen LogP contribution in [0.5, 0.6) is 0 Å². The average molecular weight is 284 g/mol. The first-order valence-corrected chi connectivity index (χ1v) is 7.38. The second kappa shape index (κ2) is 5.46. The predicted octanol–water partition coefficient (Wildman–Crippen LogP) is 3.81. The van der Waals surface area contributed by atoms with Crippen LogP contribution in [-0.4, -0.2) is 14.5 Å². The molecule has 0 fully saturated rings. The minimum absolute atomic E-state index is 0.171. The van der Waals surface area contributed by atoms with Crippen LogP contribution in [0.4, 0.5) is 5.69 Å². The molecule has 0 saturated heterocycles. The number of anilines is 1. The molecule has 1 aromatic carbocycles. The summed E-state index contributed by atoms with van der Waals surface area (Å²) in [6, 6.07) is 8.37. The van der Waals surface area contributed by atoms with Crippen LogP contribution in [0.25, 0.3) is 5.69 Å². The van der Waals surface area contributed by atoms with E-state index in [1.807, 2.05) is 29.8 Å². The molecule has 0 aliphatic rings. The van der Waals surface area contributed by atoms with Gasteiger partial charge in [-0.15, -0.1) is 11.3 Å². The van der Waals surface area contributed by atoms with Crippen molar-refractivity contribution in [2.45, 2.75) is 19.9 Å². The van der Waals surface area contributed by atoms with E-state index in [4.69, 9.17) is 0 Å². The van der Waals surface area contributed by atoms with E-state index in [0.29, 0.717) is 0 Å². The first kappa shape index (κ1) is 12.9. The lowest BCUT2D eigenvalue weighted by Crippen LogP contribution is -2.09. The van der Waals surface area contributed by atoms with Crippen LogP contribution in [-0.2, 0) is 0 Å². The van der Waals surface area contributed by atoms with Gasteiger partial charge in [-0.05, 0) is 26.0 Å². The van der Waals surface area contributed by atoms with Crippen molar-refractivity contribution in [2.24, 2.45) is 0 Å². The Balaban J connectivity index is 1.88. The van der Waals surface area contributed by atoms with Gasteiger partial charge in [0.25, 0.3) is 0 Å². The van der Waals surface area contributed by atoms with Crippen molar-refractivity contribution in [3.05, 3.63) is 59.1 Å². The van der Waals surface area contributed by atoms with Crippen LogP contribution in [0, 0.1) is 6.92 Å². The minimum atomic E-state index is 0.171. The largest absolute Gasteiger partial charge is 0.375 e. The van der Waals surface area contributed by atoms with Crippen molar-refractivity contribution in [2.75, 3.05) is 5.32 Å². The molecule has 0 spiro atoms. The normalized spacial score (nSPS) is 12.3. The number of hydrogen-bond acceptors (Lipinski definition) is 4. The molecular formula is C15H16N4S. The Kier molecular flexibility index (Phi) is 3.52. The topological polar surface area (TPSA) is 42.7 Å². The number of imidazole rings is 1. The van der Waals surface area contributed by atoms with E-state index in [9.17, 15) is 0 Å². The van der Waals surface area contributed by atoms with E-state index >= 15 is 0 Å². The number of para-hydroxylation sites is 2. The van der Waals surface area contributed by atoms with Crippen molar-refractivity contribution in [1.82, 2.24) is 14.5 Å². The number of hydrogen-bond donors (Lipinski definition) is 1. The van der Waals surface area contributed by atoms with Gasteiger partial charge < -0.3 is 9.88 Å². The van der Waals surface area contributed by atoms with Crippen LogP contribution in [0.2, 0.25) is 0 Å². The Bertz CT molecular complexity index is 687. The van der Waals surface area contributed by atoms with Crippen molar-refractivity contribution < 1.29 is 0 Å². The van der Waals surface area contributed by atoms with Gasteiger partial charge in [0.15, 0.2) is 0 Å². The zero-order chi connectivity index (χ0) is 13.9. The fourth-order valence-electron chi connectivity index (χ4n) is 2.11. The summed E-state index contributed by atoms with van der Waals surface area (Å²) < 4.78 is 2.00. The highest BCUT2D eigenvalue weighted by Crippen LogP contribution is 2.25. The molecule has 0 saturated carbocycles. The highest BCUT2D eigenvalue weighted by Gasteiger charge is 2.11. The number of benzene rings is 1. The molecule has 20 heavy (non-hydrogen) atoms. The maximum absolute atomic E-state index is 4.54. The van der Waals surface area contributed by atoms with Crippen LogP contribution in [0.1, 0.15) is 23.7 Å². The van der Waals surface area contributed by atoms with Gasteiger partial charge in [-0.3, -0.25) is 0 Å². The SMILES string of the molecule is Cc1nc(C(C)Nc2ccccc2-n2ccnc2)cs1. The van der Waals surface area contributed by atoms with Gasteiger partial charge in [0, 0.05) is 17.8 Å². The maximum atomic E-state index is 4.54. The van der Waals surface area contributed by atoms with Crippen molar-refractivity contribution >= 4 is 17.0 Å². The number of aryl methyl sites for hydroxylation is 1. The molecule has 3 aromatic rings. The second-order valence-electron chi connectivity index (χ2n) is 4.64. The smallest absolute Gasteiger partial charge is 0.0992 e. The lowest BCUT2D eigenvalue weighted by atomic mass is 10.2. The summed E-state index contributed by atoms with van der Waals surface area (Å²) in [7, 11) is 0. The highest BCUT2D eigenvalue weighted by atomic mass is 32.1. The molecule has 0 bridgehead atoms. The van der Waals surface area contributed by atoms with Gasteiger partial charge in [-0.2, -0.15) is 0 Å². The highest BCUT2D eigenvalue weighted by molar-refractivity contribution is 7.09. The molecule has 1 N–H and O–H groups in total. The summed E-state index contributed by atoms with van der Waals surface area (Å²) in [5.74, 6) is 0. The lowest BCUT2D eigenvalue weighted by molar-refractivity contribution is 0.842. The third-order valence-corrected chi connectivity index (χ3v) is 3.93. The number of nitrogens with zero attached hydrogens (tertiary/aromatic N) is 3. The quantitative estimate of drug-likeness (QED) is 0.792. The minimum Gasteiger partial charge on any atom is -0.375 e. The predicted molar refractivity (Wildman–Crippen MR) is 82.5 cm³/mol. The van der Waals surface area contributed by atoms with Gasteiger partial charge in [0.2, 0.25) is 0 Å². The third kappa shape index (κ3) is 2.58. The Hall–Kier alpha value is -2.14. The van der Waals surface area contributed by atoms with E-state index in [2.05, 4.69) is 39.7 Å². The molecule has 0 amide bonds. The van der Waals surface area contributed by atoms with E-state index in [-0.39, 0.29) is 6.04 Å². The van der Waals surface area contributed by atoms with E-state index in [0.717, 1.165) is 22.1 Å². The standard InChI is InChI=1S/C15H16N4S/c1-11(14-9-20-12(2)18-14)17-13-5-3-4-6-15(13)19-8-7-16-10-19/h3-11,17H,1-2H3. The molecule has 2 aromatic heterocycles. The molecule has 2 heterocycles. The molecule has 0 radical (unpaired) electrons. The summed E-state index contributed by atoms with van der Waals surface area (Å²) in [6.45, 7) is 4.15. The lowest BCUT2D eigenvalue weighted by Gasteiger charge is -2.17. The van der Waals surface area contributed by atoms with Gasteiger partial charge >= 0.3 is 0 Å². The number of aromatic nitrogens is 3. The van der Waals surface area contributed by atoms with Crippen molar-refractivity contribution in [3.63, 3.8) is 0 Å². The second-order valence-corrected chi connectivity index (χ2v) is 5.71. The Morgan fingerprint density at radius 2 is 2.15 bits per heavy atom.